The molecule has 11 N–H and O–H groups in total. The number of benzene rings is 2. The van der Waals surface area contributed by atoms with Crippen molar-refractivity contribution in [3.05, 3.63) is 147 Å². The largest absolute Gasteiger partial charge is 0.484 e. The molecule has 100 heavy (non-hydrogen) atoms. The lowest BCUT2D eigenvalue weighted by Crippen LogP contribution is -2.50. The molecule has 2 aliphatic heterocycles. The van der Waals surface area contributed by atoms with E-state index in [4.69, 9.17) is 40.2 Å². The van der Waals surface area contributed by atoms with E-state index >= 15 is 4.79 Å². The second-order valence-electron chi connectivity index (χ2n) is 23.9. The lowest BCUT2D eigenvalue weighted by molar-refractivity contribution is -0.143. The molecule has 9 aromatic rings. The summed E-state index contributed by atoms with van der Waals surface area (Å²) in [7, 11) is 0. The summed E-state index contributed by atoms with van der Waals surface area (Å²) < 4.78 is 10.9. The third kappa shape index (κ3) is 16.3. The van der Waals surface area contributed by atoms with Crippen molar-refractivity contribution in [3.63, 3.8) is 0 Å². The van der Waals surface area contributed by atoms with Crippen molar-refractivity contribution in [3.8, 4) is 49.1 Å². The van der Waals surface area contributed by atoms with Gasteiger partial charge in [-0.25, -0.2) is 34.9 Å². The third-order valence-corrected chi connectivity index (χ3v) is 22.6. The van der Waals surface area contributed by atoms with Gasteiger partial charge in [0.05, 0.1) is 56.0 Å². The summed E-state index contributed by atoms with van der Waals surface area (Å²) in [6.07, 6.45) is -1.07. The summed E-state index contributed by atoms with van der Waals surface area (Å²) >= 11 is 6.82. The molecule has 1 unspecified atom stereocenters. The Labute approximate surface area is 594 Å². The zero-order valence-electron chi connectivity index (χ0n) is 53.4. The number of aromatic nitrogens is 7. The van der Waals surface area contributed by atoms with Gasteiger partial charge in [-0.05, 0) is 68.0 Å². The highest BCUT2D eigenvalue weighted by molar-refractivity contribution is 7.15. The number of nitrogens with one attached hydrogen (secondary N) is 5. The maximum absolute atomic E-state index is 15.5. The van der Waals surface area contributed by atoms with Gasteiger partial charge in [0, 0.05) is 68.8 Å². The van der Waals surface area contributed by atoms with Gasteiger partial charge in [-0.15, -0.1) is 68.0 Å². The molecule has 7 amide bonds. The Morgan fingerprint density at radius 2 is 1.37 bits per heavy atom. The number of carbonyl (C=O) groups is 8. The Balaban J connectivity index is 0.905. The molecule has 12 rings (SSSR count). The van der Waals surface area contributed by atoms with Gasteiger partial charge in [-0.1, -0.05) is 49.4 Å². The number of nitrogens with zero attached hydrogens (tertiary/aromatic N) is 8. The first-order valence-corrected chi connectivity index (χ1v) is 36.9. The molecule has 520 valence electrons. The molecular weight excluding hydrogens is 1410 g/mol. The van der Waals surface area contributed by atoms with Crippen LogP contribution in [0.15, 0.2) is 93.6 Å². The van der Waals surface area contributed by atoms with Crippen molar-refractivity contribution in [2.75, 3.05) is 39.5 Å². The number of pyridine rings is 1. The normalized spacial score (nSPS) is 20.7. The van der Waals surface area contributed by atoms with E-state index in [0.29, 0.717) is 95.8 Å². The molecule has 10 bridgehead atoms. The van der Waals surface area contributed by atoms with E-state index in [1.165, 1.54) is 49.7 Å². The van der Waals surface area contributed by atoms with E-state index in [1.807, 2.05) is 0 Å². The number of aliphatic hydroxyl groups is 3. The molecule has 0 radical (unpaired) electrons. The van der Waals surface area contributed by atoms with Crippen LogP contribution >= 0.6 is 68.0 Å². The van der Waals surface area contributed by atoms with Gasteiger partial charge in [-0.2, -0.15) is 0 Å². The summed E-state index contributed by atoms with van der Waals surface area (Å²) in [5.74, 6) is -5.97. The fourth-order valence-corrected chi connectivity index (χ4v) is 17.1. The predicted octanol–water partition coefficient (Wildman–Crippen LogP) is 6.46. The third-order valence-electron chi connectivity index (χ3n) is 17.0. The second-order valence-corrected chi connectivity index (χ2v) is 29.5. The van der Waals surface area contributed by atoms with Crippen LogP contribution in [0.4, 0.5) is 0 Å². The number of rotatable bonds is 18. The van der Waals surface area contributed by atoms with E-state index in [1.54, 1.807) is 96.7 Å². The van der Waals surface area contributed by atoms with Gasteiger partial charge in [0.2, 0.25) is 11.8 Å². The van der Waals surface area contributed by atoms with Crippen LogP contribution in [0.3, 0.4) is 0 Å². The number of aliphatic hydroxyl groups excluding tert-OH is 3. The van der Waals surface area contributed by atoms with Gasteiger partial charge < -0.3 is 67.1 Å². The van der Waals surface area contributed by atoms with Gasteiger partial charge in [0.25, 0.3) is 29.5 Å². The zero-order valence-corrected chi connectivity index (χ0v) is 58.3. The van der Waals surface area contributed by atoms with E-state index in [0.717, 1.165) is 34.0 Å². The zero-order chi connectivity index (χ0) is 70.3. The molecule has 2 fully saturated rings. The molecule has 1 saturated heterocycles. The van der Waals surface area contributed by atoms with Crippen LogP contribution in [0.25, 0.3) is 43.4 Å². The summed E-state index contributed by atoms with van der Waals surface area (Å²) in [4.78, 5) is 146. The van der Waals surface area contributed by atoms with Gasteiger partial charge >= 0.3 is 5.97 Å². The van der Waals surface area contributed by atoms with Gasteiger partial charge in [0.15, 0.2) is 6.61 Å². The SMILES string of the molecule is Cc1sc2nc1C(=O)NC([C@H](O)c1ccccc1)c1nc(cs1)C(=O)N[C@@H](Cc1ccc(OCC(=O)NCCOCCO)cc1)C(=O)N1C[C@H](O)[C@H](C)[C@H]1c1nc(cs1)-c1nc(cs1)-c1nc(-c3nc(C(=O)NC4CCC(C(=O)O)CC4)cs3)ccc1-c1nc(cs1)C(=O)N[C@H]2CC(N)=O. The Hall–Kier alpha value is -9.23. The molecular formula is C66H66N14O14S6. The molecule has 7 atom stereocenters. The van der Waals surface area contributed by atoms with Crippen LogP contribution in [-0.2, 0) is 30.3 Å². The highest BCUT2D eigenvalue weighted by Crippen LogP contribution is 2.43. The average molecular weight is 1470 g/mol. The number of carbonyl (C=O) groups excluding carboxylic acids is 7. The number of ether oxygens (including phenoxy) is 2. The first-order chi connectivity index (χ1) is 48.2. The standard InChI is InChI=1S/C66H66N14O14S6/c1-31-47(82)24-80-53(31)64-77-46(30-99-64)61-73-42(26-96-61)51-38(16-17-39(70-51)60-75-43(28-97-60)55(86)69-36-12-10-35(11-13-36)66(91)92)59-74-44(27-95-59)56(87)71-40(23-48(67)83)62-79-50(32(2)100-62)58(89)78-52(54(85)34-6-4-3-5-7-34)63-76-45(29-98-63)57(88)72-41(65(80)90)22-33-8-14-37(15-9-33)94-25-49(84)68-18-20-93-21-19-81/h3-9,14-17,26-31,35-36,40-41,47,52-54,81-82,85H,10-13,18-25H2,1-2H3,(H2,67,83)(H,68,84)(H,69,86)(H,71,87)(H,72,88)(H,78,89)(H,91,92)/t31-,35?,36?,40-,41-,47-,52?,53-,54+/m0/s1. The predicted molar refractivity (Wildman–Crippen MR) is 372 cm³/mol. The first-order valence-electron chi connectivity index (χ1n) is 31.7. The van der Waals surface area contributed by atoms with Crippen LogP contribution in [0.1, 0.15) is 136 Å². The average Bonchev–Trinajstić information content (AvgIpc) is 1.61. The van der Waals surface area contributed by atoms with E-state index < -0.39 is 102 Å². The number of hydrogen-bond acceptors (Lipinski definition) is 26. The second kappa shape index (κ2) is 31.5. The summed E-state index contributed by atoms with van der Waals surface area (Å²) in [5.41, 5.74) is 8.55. The Morgan fingerprint density at radius 3 is 2.12 bits per heavy atom. The first kappa shape index (κ1) is 70.6. The quantitative estimate of drug-likeness (QED) is 0.0412. The minimum atomic E-state index is -1.45. The maximum Gasteiger partial charge on any atom is 0.306 e. The summed E-state index contributed by atoms with van der Waals surface area (Å²) in [6.45, 7) is 3.37. The van der Waals surface area contributed by atoms with Crippen molar-refractivity contribution in [2.24, 2.45) is 17.6 Å². The van der Waals surface area contributed by atoms with E-state index in [9.17, 15) is 48.9 Å². The fraction of sp³-hybridized carbons (Fsp3) is 0.348. The number of thiazole rings is 6. The van der Waals surface area contributed by atoms with Crippen molar-refractivity contribution in [2.45, 2.75) is 94.8 Å². The van der Waals surface area contributed by atoms with Crippen LogP contribution in [0.5, 0.6) is 5.75 Å². The number of carboxylic acids is 1. The van der Waals surface area contributed by atoms with Crippen LogP contribution < -0.4 is 37.1 Å². The lowest BCUT2D eigenvalue weighted by atomic mass is 9.86. The molecule has 34 heteroatoms. The lowest BCUT2D eigenvalue weighted by Gasteiger charge is -2.29. The fourth-order valence-electron chi connectivity index (χ4n) is 11.8. The maximum atomic E-state index is 15.5. The number of hydrogen-bond donors (Lipinski definition) is 10. The highest BCUT2D eigenvalue weighted by atomic mass is 32.1. The number of amides is 7. The van der Waals surface area contributed by atoms with Crippen molar-refractivity contribution in [1.82, 2.24) is 66.4 Å². The molecule has 3 aliphatic rings. The smallest absolute Gasteiger partial charge is 0.306 e. The topological polar surface area (TPSA) is 416 Å². The van der Waals surface area contributed by atoms with E-state index in [-0.39, 0.29) is 84.8 Å². The number of carboxylic acid groups (broad SMARTS) is 1. The van der Waals surface area contributed by atoms with Gasteiger partial charge in [-0.3, -0.25) is 38.4 Å². The molecule has 1 aliphatic carbocycles. The van der Waals surface area contributed by atoms with Crippen molar-refractivity contribution < 1.29 is 68.3 Å². The van der Waals surface area contributed by atoms with Gasteiger partial charge in [0.1, 0.15) is 93.8 Å². The van der Waals surface area contributed by atoms with Crippen LogP contribution in [0.2, 0.25) is 0 Å². The Bertz CT molecular complexity index is 4490. The molecule has 28 nitrogen and oxygen atoms in total. The number of fused-ring (bicyclic) bond motifs is 16. The van der Waals surface area contributed by atoms with Crippen molar-refractivity contribution in [1.29, 1.82) is 0 Å². The molecule has 2 aromatic carbocycles. The van der Waals surface area contributed by atoms with Crippen molar-refractivity contribution >= 4 is 115 Å². The highest BCUT2D eigenvalue weighted by Gasteiger charge is 2.46. The minimum absolute atomic E-state index is 0.0431. The molecule has 9 heterocycles. The molecule has 7 aromatic heterocycles. The van der Waals surface area contributed by atoms with E-state index in [2.05, 4.69) is 41.5 Å². The Kier molecular flexibility index (Phi) is 22.3. The van der Waals surface area contributed by atoms with Crippen LogP contribution in [0, 0.1) is 18.8 Å². The molecule has 0 spiro atoms. The number of nitrogens with two attached hydrogens (primary N) is 1. The summed E-state index contributed by atoms with van der Waals surface area (Å²) in [6, 6.07) is 13.7. The summed E-state index contributed by atoms with van der Waals surface area (Å²) in [5, 5.41) is 66.6. The number of primary amides is 1. The Morgan fingerprint density at radius 1 is 0.700 bits per heavy atom. The monoisotopic (exact) mass is 1470 g/mol. The minimum Gasteiger partial charge on any atom is -0.484 e. The number of aliphatic carboxylic acids is 1. The number of aryl methyl sites for hydroxylation is 1. The van der Waals surface area contributed by atoms with Crippen LogP contribution in [-0.4, -0.2) is 165 Å². The molecule has 1 saturated carbocycles.